The van der Waals surface area contributed by atoms with Crippen molar-refractivity contribution in [2.24, 2.45) is 0 Å². The molecule has 0 fully saturated rings. The normalized spacial score (nSPS) is 9.92. The van der Waals surface area contributed by atoms with Gasteiger partial charge in [0, 0.05) is 23.4 Å². The summed E-state index contributed by atoms with van der Waals surface area (Å²) in [6, 6.07) is 14.5. The summed E-state index contributed by atoms with van der Waals surface area (Å²) in [5.41, 5.74) is 2.95. The fourth-order valence-electron chi connectivity index (χ4n) is 2.04. The van der Waals surface area contributed by atoms with Crippen molar-refractivity contribution >= 4 is 40.5 Å². The Morgan fingerprint density at radius 1 is 1.04 bits per heavy atom. The first-order chi connectivity index (χ1) is 11.5. The maximum Gasteiger partial charge on any atom is 0.255 e. The van der Waals surface area contributed by atoms with Gasteiger partial charge in [0.1, 0.15) is 0 Å². The van der Waals surface area contributed by atoms with Gasteiger partial charge in [-0.15, -0.1) is 0 Å². The fourth-order valence-corrected chi connectivity index (χ4v) is 2.27. The molecule has 3 N–H and O–H groups in total. The van der Waals surface area contributed by atoms with Crippen molar-refractivity contribution in [1.82, 2.24) is 5.32 Å². The number of thiocarbonyl (C=S) groups is 1. The lowest BCUT2D eigenvalue weighted by molar-refractivity contribution is -0.119. The van der Waals surface area contributed by atoms with Crippen molar-refractivity contribution in [1.29, 1.82) is 0 Å². The Morgan fingerprint density at radius 2 is 1.75 bits per heavy atom. The van der Waals surface area contributed by atoms with E-state index in [1.807, 2.05) is 31.2 Å². The summed E-state index contributed by atoms with van der Waals surface area (Å²) in [5.74, 6) is -0.305. The van der Waals surface area contributed by atoms with Crippen molar-refractivity contribution in [2.75, 3.05) is 10.6 Å². The zero-order valence-corrected chi connectivity index (χ0v) is 14.4. The van der Waals surface area contributed by atoms with Gasteiger partial charge in [-0.2, -0.15) is 0 Å². The van der Waals surface area contributed by atoms with Crippen LogP contribution in [0.4, 0.5) is 11.4 Å². The molecule has 2 aromatic carbocycles. The van der Waals surface area contributed by atoms with E-state index in [0.717, 1.165) is 16.9 Å². The molecule has 2 amide bonds. The van der Waals surface area contributed by atoms with Gasteiger partial charge in [-0.1, -0.05) is 25.1 Å². The molecule has 0 aliphatic rings. The molecule has 0 saturated carbocycles. The van der Waals surface area contributed by atoms with Crippen molar-refractivity contribution in [3.05, 3.63) is 59.7 Å². The number of hydrogen-bond donors (Lipinski definition) is 3. The molecule has 0 atom stereocenters. The van der Waals surface area contributed by atoms with E-state index >= 15 is 0 Å². The van der Waals surface area contributed by atoms with E-state index in [0.29, 0.717) is 12.0 Å². The van der Waals surface area contributed by atoms with Gasteiger partial charge in [0.25, 0.3) is 5.91 Å². The Kier molecular flexibility index (Phi) is 6.03. The van der Waals surface area contributed by atoms with Gasteiger partial charge in [-0.05, 0) is 55.0 Å². The molecule has 0 aliphatic heterocycles. The second kappa shape index (κ2) is 8.21. The third-order valence-corrected chi connectivity index (χ3v) is 3.55. The molecule has 0 saturated heterocycles. The van der Waals surface area contributed by atoms with Crippen LogP contribution in [0.2, 0.25) is 0 Å². The minimum Gasteiger partial charge on any atom is -0.332 e. The highest BCUT2D eigenvalue weighted by Gasteiger charge is 2.08. The second-order valence-electron chi connectivity index (χ2n) is 5.21. The van der Waals surface area contributed by atoms with Crippen molar-refractivity contribution in [3.63, 3.8) is 0 Å². The van der Waals surface area contributed by atoms with Crippen LogP contribution in [0, 0.1) is 6.92 Å². The van der Waals surface area contributed by atoms with E-state index in [4.69, 9.17) is 12.2 Å². The van der Waals surface area contributed by atoms with Crippen LogP contribution in [-0.4, -0.2) is 16.9 Å². The Morgan fingerprint density at radius 3 is 2.38 bits per heavy atom. The predicted molar refractivity (Wildman–Crippen MR) is 100 cm³/mol. The van der Waals surface area contributed by atoms with Crippen LogP contribution in [0.3, 0.4) is 0 Å². The summed E-state index contributed by atoms with van der Waals surface area (Å²) >= 11 is 5.08. The number of anilines is 2. The number of aryl methyl sites for hydroxylation is 1. The molecule has 0 aromatic heterocycles. The number of carbonyl (C=O) groups excluding carboxylic acids is 2. The number of benzene rings is 2. The second-order valence-corrected chi connectivity index (χ2v) is 5.61. The van der Waals surface area contributed by atoms with Crippen LogP contribution in [-0.2, 0) is 4.79 Å². The average molecular weight is 341 g/mol. The lowest BCUT2D eigenvalue weighted by Gasteiger charge is -2.12. The van der Waals surface area contributed by atoms with Crippen LogP contribution in [0.15, 0.2) is 48.5 Å². The summed E-state index contributed by atoms with van der Waals surface area (Å²) in [4.78, 5) is 23.5. The summed E-state index contributed by atoms with van der Waals surface area (Å²) < 4.78 is 0. The molecule has 0 aliphatic carbocycles. The Labute approximate surface area is 146 Å². The molecule has 0 heterocycles. The average Bonchev–Trinajstić information content (AvgIpc) is 2.57. The highest BCUT2D eigenvalue weighted by atomic mass is 32.1. The van der Waals surface area contributed by atoms with E-state index in [-0.39, 0.29) is 16.9 Å². The first-order valence-electron chi connectivity index (χ1n) is 7.57. The largest absolute Gasteiger partial charge is 0.332 e. The van der Waals surface area contributed by atoms with Crippen LogP contribution in [0.25, 0.3) is 0 Å². The Hall–Kier alpha value is -2.73. The van der Waals surface area contributed by atoms with Crippen molar-refractivity contribution < 1.29 is 9.59 Å². The SMILES string of the molecule is CCC(=O)NC(=S)Nc1ccc(NC(=O)c2ccccc2)c(C)c1. The number of amides is 2. The molecular weight excluding hydrogens is 322 g/mol. The molecule has 0 spiro atoms. The van der Waals surface area contributed by atoms with E-state index in [2.05, 4.69) is 16.0 Å². The molecule has 5 nitrogen and oxygen atoms in total. The van der Waals surface area contributed by atoms with Gasteiger partial charge in [0.15, 0.2) is 5.11 Å². The highest BCUT2D eigenvalue weighted by Crippen LogP contribution is 2.20. The van der Waals surface area contributed by atoms with Crippen molar-refractivity contribution in [3.8, 4) is 0 Å². The lowest BCUT2D eigenvalue weighted by atomic mass is 10.1. The molecule has 24 heavy (non-hydrogen) atoms. The highest BCUT2D eigenvalue weighted by molar-refractivity contribution is 7.80. The third-order valence-electron chi connectivity index (χ3n) is 3.34. The van der Waals surface area contributed by atoms with Gasteiger partial charge in [-0.3, -0.25) is 9.59 Å². The number of nitrogens with one attached hydrogen (secondary N) is 3. The van der Waals surface area contributed by atoms with Gasteiger partial charge >= 0.3 is 0 Å². The molecule has 0 unspecified atom stereocenters. The summed E-state index contributed by atoms with van der Waals surface area (Å²) in [5, 5.41) is 8.66. The maximum atomic E-state index is 12.2. The molecule has 2 rings (SSSR count). The summed E-state index contributed by atoms with van der Waals surface area (Å²) in [7, 11) is 0. The zero-order chi connectivity index (χ0) is 17.5. The topological polar surface area (TPSA) is 70.2 Å². The van der Waals surface area contributed by atoms with Crippen LogP contribution >= 0.6 is 12.2 Å². The minimum atomic E-state index is -0.162. The molecule has 6 heteroatoms. The minimum absolute atomic E-state index is 0.143. The number of hydrogen-bond acceptors (Lipinski definition) is 3. The smallest absolute Gasteiger partial charge is 0.255 e. The van der Waals surface area contributed by atoms with Gasteiger partial charge in [0.05, 0.1) is 0 Å². The van der Waals surface area contributed by atoms with E-state index < -0.39 is 0 Å². The Bertz CT molecular complexity index is 760. The van der Waals surface area contributed by atoms with E-state index in [1.54, 1.807) is 31.2 Å². The first kappa shape index (κ1) is 17.6. The fraction of sp³-hybridized carbons (Fsp3) is 0.167. The molecule has 0 bridgehead atoms. The first-order valence-corrected chi connectivity index (χ1v) is 7.98. The monoisotopic (exact) mass is 341 g/mol. The van der Waals surface area contributed by atoms with Crippen molar-refractivity contribution in [2.45, 2.75) is 20.3 Å². The van der Waals surface area contributed by atoms with Gasteiger partial charge < -0.3 is 16.0 Å². The molecule has 2 aromatic rings. The van der Waals surface area contributed by atoms with Gasteiger partial charge in [-0.25, -0.2) is 0 Å². The van der Waals surface area contributed by atoms with E-state index in [1.165, 1.54) is 0 Å². The maximum absolute atomic E-state index is 12.2. The van der Waals surface area contributed by atoms with Crippen LogP contribution in [0.5, 0.6) is 0 Å². The van der Waals surface area contributed by atoms with E-state index in [9.17, 15) is 9.59 Å². The predicted octanol–water partition coefficient (Wildman–Crippen LogP) is 3.47. The van der Waals surface area contributed by atoms with Crippen LogP contribution < -0.4 is 16.0 Å². The molecule has 0 radical (unpaired) electrons. The van der Waals surface area contributed by atoms with Crippen LogP contribution in [0.1, 0.15) is 29.3 Å². The molecule has 124 valence electrons. The third kappa shape index (κ3) is 4.89. The standard InChI is InChI=1S/C18H19N3O2S/c1-3-16(22)21-18(24)19-14-9-10-15(12(2)11-14)20-17(23)13-7-5-4-6-8-13/h4-11H,3H2,1-2H3,(H,20,23)(H2,19,21,22,24). The summed E-state index contributed by atoms with van der Waals surface area (Å²) in [6.07, 6.45) is 0.366. The summed E-state index contributed by atoms with van der Waals surface area (Å²) in [6.45, 7) is 3.64. The Balaban J connectivity index is 2.03. The van der Waals surface area contributed by atoms with Gasteiger partial charge in [0.2, 0.25) is 5.91 Å². The lowest BCUT2D eigenvalue weighted by Crippen LogP contribution is -2.33. The number of carbonyl (C=O) groups is 2. The quantitative estimate of drug-likeness (QED) is 0.745. The zero-order valence-electron chi connectivity index (χ0n) is 13.6. The number of rotatable bonds is 4. The molecular formula is C18H19N3O2S.